The Hall–Kier alpha value is -1.68. The van der Waals surface area contributed by atoms with Crippen LogP contribution in [0.1, 0.15) is 51.1 Å². The van der Waals surface area contributed by atoms with Gasteiger partial charge in [-0.25, -0.2) is 5.01 Å². The molecule has 41 heavy (non-hydrogen) atoms. The molecule has 2 aliphatic rings. The van der Waals surface area contributed by atoms with E-state index in [1.165, 1.54) is 0 Å². The van der Waals surface area contributed by atoms with Gasteiger partial charge in [0.25, 0.3) is 5.91 Å². The van der Waals surface area contributed by atoms with Crippen molar-refractivity contribution in [2.24, 2.45) is 5.10 Å². The normalized spacial score (nSPS) is 19.5. The number of carbonyl (C=O) groups is 1. The predicted octanol–water partition coefficient (Wildman–Crippen LogP) is 7.12. The van der Waals surface area contributed by atoms with E-state index in [-0.39, 0.29) is 18.0 Å². The van der Waals surface area contributed by atoms with Crippen molar-refractivity contribution in [1.29, 1.82) is 0 Å². The van der Waals surface area contributed by atoms with E-state index in [0.717, 1.165) is 18.4 Å². The van der Waals surface area contributed by atoms with Gasteiger partial charge in [-0.2, -0.15) is 5.10 Å². The maximum absolute atomic E-state index is 13.4. The SMILES string of the molecule is CCOP(=O)(CCCOCC1CCCN1NC(=O)C1=NN(c2ccc(Cl)cc2Cl)C(c2ccc(Cl)cc2)C1)OCC. The first kappa shape index (κ1) is 32.2. The zero-order valence-electron chi connectivity index (χ0n) is 23.2. The van der Waals surface area contributed by atoms with Crippen LogP contribution in [-0.4, -0.2) is 61.8 Å². The highest BCUT2D eigenvalue weighted by Crippen LogP contribution is 2.48. The second-order valence-electron chi connectivity index (χ2n) is 9.79. The lowest BCUT2D eigenvalue weighted by Gasteiger charge is -2.25. The highest BCUT2D eigenvalue weighted by atomic mass is 35.5. The molecular formula is C28H36Cl3N4O5P. The number of hydrogen-bond donors (Lipinski definition) is 1. The van der Waals surface area contributed by atoms with Gasteiger partial charge in [-0.3, -0.25) is 19.8 Å². The standard InChI is InChI=1S/C28H36Cl3N4O5P/c1-3-39-41(37,40-4-2)16-6-15-38-19-23-7-5-14-34(23)33-28(36)25-18-27(20-8-10-21(29)11-9-20)35(32-25)26-13-12-22(30)17-24(26)31/h8-13,17,23,27H,3-7,14-16,18-19H2,1-2H3,(H,33,36). The summed E-state index contributed by atoms with van der Waals surface area (Å²) < 4.78 is 29.2. The minimum atomic E-state index is -3.08. The van der Waals surface area contributed by atoms with Gasteiger partial charge < -0.3 is 13.8 Å². The van der Waals surface area contributed by atoms with Crippen LogP contribution >= 0.6 is 42.4 Å². The third kappa shape index (κ3) is 8.68. The Bertz CT molecular complexity index is 1260. The molecule has 2 aliphatic heterocycles. The van der Waals surface area contributed by atoms with Crippen molar-refractivity contribution >= 4 is 59.7 Å². The van der Waals surface area contributed by atoms with Crippen molar-refractivity contribution < 1.29 is 23.1 Å². The fraction of sp³-hybridized carbons (Fsp3) is 0.500. The molecule has 2 atom stereocenters. The summed E-state index contributed by atoms with van der Waals surface area (Å²) in [6.07, 6.45) is 3.08. The molecule has 0 saturated carbocycles. The molecule has 1 fully saturated rings. The van der Waals surface area contributed by atoms with E-state index in [0.29, 0.717) is 78.4 Å². The molecule has 2 unspecified atom stereocenters. The van der Waals surface area contributed by atoms with E-state index in [1.807, 2.05) is 29.3 Å². The first-order valence-corrected chi connectivity index (χ1v) is 16.7. The fourth-order valence-corrected chi connectivity index (χ4v) is 7.23. The number of amides is 1. The summed E-state index contributed by atoms with van der Waals surface area (Å²) in [5.41, 5.74) is 5.05. The number of nitrogens with one attached hydrogen (secondary N) is 1. The minimum Gasteiger partial charge on any atom is -0.380 e. The van der Waals surface area contributed by atoms with Crippen molar-refractivity contribution in [2.45, 2.75) is 51.6 Å². The highest BCUT2D eigenvalue weighted by Gasteiger charge is 2.35. The lowest BCUT2D eigenvalue weighted by Crippen LogP contribution is -2.49. The van der Waals surface area contributed by atoms with Gasteiger partial charge in [0.2, 0.25) is 0 Å². The number of anilines is 1. The van der Waals surface area contributed by atoms with Crippen molar-refractivity contribution in [2.75, 3.05) is 44.1 Å². The highest BCUT2D eigenvalue weighted by molar-refractivity contribution is 7.53. The Morgan fingerprint density at radius 1 is 1.07 bits per heavy atom. The molecule has 1 N–H and O–H groups in total. The molecule has 0 bridgehead atoms. The first-order valence-electron chi connectivity index (χ1n) is 13.8. The van der Waals surface area contributed by atoms with E-state index < -0.39 is 7.60 Å². The molecule has 2 aromatic carbocycles. The number of nitrogens with zero attached hydrogens (tertiary/aromatic N) is 3. The topological polar surface area (TPSA) is 92.7 Å². The van der Waals surface area contributed by atoms with Crippen LogP contribution in [-0.2, 0) is 23.1 Å². The van der Waals surface area contributed by atoms with Crippen LogP contribution in [0.4, 0.5) is 5.69 Å². The molecule has 2 heterocycles. The molecule has 13 heteroatoms. The molecular weight excluding hydrogens is 610 g/mol. The van der Waals surface area contributed by atoms with E-state index in [1.54, 1.807) is 37.1 Å². The molecule has 224 valence electrons. The second-order valence-corrected chi connectivity index (χ2v) is 13.3. The second kappa shape index (κ2) is 15.2. The lowest BCUT2D eigenvalue weighted by atomic mass is 10.0. The first-order chi connectivity index (χ1) is 19.7. The van der Waals surface area contributed by atoms with Crippen LogP contribution in [0.3, 0.4) is 0 Å². The number of hydrazine groups is 1. The minimum absolute atomic E-state index is 0.0282. The van der Waals surface area contributed by atoms with E-state index in [4.69, 9.17) is 53.7 Å². The summed E-state index contributed by atoms with van der Waals surface area (Å²) in [6.45, 7) is 5.85. The Morgan fingerprint density at radius 3 is 2.46 bits per heavy atom. The smallest absolute Gasteiger partial charge is 0.330 e. The van der Waals surface area contributed by atoms with Gasteiger partial charge in [-0.05, 0) is 69.0 Å². The molecule has 1 amide bonds. The third-order valence-electron chi connectivity index (χ3n) is 6.89. The van der Waals surface area contributed by atoms with Crippen LogP contribution in [0.25, 0.3) is 0 Å². The average molecular weight is 646 g/mol. The molecule has 4 rings (SSSR count). The Labute approximate surface area is 256 Å². The zero-order valence-corrected chi connectivity index (χ0v) is 26.4. The fourth-order valence-electron chi connectivity index (χ4n) is 4.97. The quantitative estimate of drug-likeness (QED) is 0.173. The van der Waals surface area contributed by atoms with Crippen LogP contribution in [0.2, 0.25) is 15.1 Å². The Morgan fingerprint density at radius 2 is 1.78 bits per heavy atom. The number of ether oxygens (including phenoxy) is 1. The summed E-state index contributed by atoms with van der Waals surface area (Å²) in [6, 6.07) is 12.5. The molecule has 0 aromatic heterocycles. The van der Waals surface area contributed by atoms with Crippen molar-refractivity contribution in [3.63, 3.8) is 0 Å². The number of rotatable bonds is 14. The van der Waals surface area contributed by atoms with Gasteiger partial charge in [0, 0.05) is 29.6 Å². The molecule has 9 nitrogen and oxygen atoms in total. The van der Waals surface area contributed by atoms with Crippen LogP contribution in [0, 0.1) is 0 Å². The monoisotopic (exact) mass is 644 g/mol. The summed E-state index contributed by atoms with van der Waals surface area (Å²) >= 11 is 18.8. The van der Waals surface area contributed by atoms with Crippen molar-refractivity contribution in [3.05, 3.63) is 63.1 Å². The van der Waals surface area contributed by atoms with Gasteiger partial charge in [0.15, 0.2) is 0 Å². The number of carbonyl (C=O) groups excluding carboxylic acids is 1. The van der Waals surface area contributed by atoms with Gasteiger partial charge in [-0.1, -0.05) is 46.9 Å². The van der Waals surface area contributed by atoms with Crippen LogP contribution < -0.4 is 10.4 Å². The summed E-state index contributed by atoms with van der Waals surface area (Å²) in [5.74, 6) is -0.266. The third-order valence-corrected chi connectivity index (χ3v) is 9.85. The van der Waals surface area contributed by atoms with Crippen LogP contribution in [0.15, 0.2) is 47.6 Å². The van der Waals surface area contributed by atoms with E-state index in [2.05, 4.69) is 5.43 Å². The Balaban J connectivity index is 1.37. The molecule has 2 aromatic rings. The van der Waals surface area contributed by atoms with E-state index in [9.17, 15) is 9.36 Å². The van der Waals surface area contributed by atoms with Crippen molar-refractivity contribution in [3.8, 4) is 0 Å². The Kier molecular flexibility index (Phi) is 11.9. The number of hydrazone groups is 1. The van der Waals surface area contributed by atoms with E-state index >= 15 is 0 Å². The zero-order chi connectivity index (χ0) is 29.4. The molecule has 0 radical (unpaired) electrons. The molecule has 1 saturated heterocycles. The summed E-state index contributed by atoms with van der Waals surface area (Å²) in [5, 5.41) is 9.98. The van der Waals surface area contributed by atoms with Crippen LogP contribution in [0.5, 0.6) is 0 Å². The molecule has 0 aliphatic carbocycles. The largest absolute Gasteiger partial charge is 0.380 e. The number of hydrogen-bond acceptors (Lipinski definition) is 8. The number of benzene rings is 2. The maximum Gasteiger partial charge on any atom is 0.330 e. The molecule has 0 spiro atoms. The van der Waals surface area contributed by atoms with Crippen molar-refractivity contribution in [1.82, 2.24) is 10.4 Å². The average Bonchev–Trinajstić information content (AvgIpc) is 3.57. The summed E-state index contributed by atoms with van der Waals surface area (Å²) in [7, 11) is -3.08. The predicted molar refractivity (Wildman–Crippen MR) is 164 cm³/mol. The van der Waals surface area contributed by atoms with Gasteiger partial charge >= 0.3 is 7.60 Å². The van der Waals surface area contributed by atoms with Gasteiger partial charge in [0.05, 0.1) is 48.8 Å². The summed E-state index contributed by atoms with van der Waals surface area (Å²) in [4.78, 5) is 13.4. The maximum atomic E-state index is 13.4. The van der Waals surface area contributed by atoms with Gasteiger partial charge in [-0.15, -0.1) is 0 Å². The van der Waals surface area contributed by atoms with Gasteiger partial charge in [0.1, 0.15) is 5.71 Å². The number of halogens is 3. The lowest BCUT2D eigenvalue weighted by molar-refractivity contribution is -0.120.